The van der Waals surface area contributed by atoms with Crippen LogP contribution in [0.15, 0.2) is 22.7 Å². The highest BCUT2D eigenvalue weighted by Crippen LogP contribution is 2.28. The van der Waals surface area contributed by atoms with Crippen LogP contribution in [0.2, 0.25) is 0 Å². The molecule has 108 valence electrons. The Morgan fingerprint density at radius 2 is 2.15 bits per heavy atom. The van der Waals surface area contributed by atoms with Gasteiger partial charge in [-0.3, -0.25) is 19.7 Å². The molecule has 1 unspecified atom stereocenters. The van der Waals surface area contributed by atoms with E-state index < -0.39 is 22.8 Å². The SMILES string of the molecule is NC(CCC(=O)O)C(=O)Nc1ccc(Br)cc1[N+](=O)[O-]. The molecule has 1 aromatic carbocycles. The van der Waals surface area contributed by atoms with Crippen molar-refractivity contribution in [2.45, 2.75) is 18.9 Å². The molecule has 4 N–H and O–H groups in total. The van der Waals surface area contributed by atoms with Crippen LogP contribution < -0.4 is 11.1 Å². The summed E-state index contributed by atoms with van der Waals surface area (Å²) in [5, 5.41) is 21.7. The summed E-state index contributed by atoms with van der Waals surface area (Å²) in [6, 6.07) is 3.10. The average molecular weight is 346 g/mol. The van der Waals surface area contributed by atoms with Crippen molar-refractivity contribution in [1.29, 1.82) is 0 Å². The minimum Gasteiger partial charge on any atom is -0.481 e. The minimum absolute atomic E-state index is 0.00831. The van der Waals surface area contributed by atoms with Gasteiger partial charge >= 0.3 is 5.97 Å². The fourth-order valence-electron chi connectivity index (χ4n) is 1.40. The van der Waals surface area contributed by atoms with Gasteiger partial charge in [0, 0.05) is 17.0 Å². The number of benzene rings is 1. The van der Waals surface area contributed by atoms with Gasteiger partial charge in [-0.15, -0.1) is 0 Å². The van der Waals surface area contributed by atoms with Crippen LogP contribution in [-0.4, -0.2) is 27.9 Å². The molecule has 0 heterocycles. The summed E-state index contributed by atoms with van der Waals surface area (Å²) in [5.74, 6) is -1.74. The molecule has 0 spiro atoms. The molecule has 1 rings (SSSR count). The Bertz CT molecular complexity index is 549. The van der Waals surface area contributed by atoms with E-state index in [-0.39, 0.29) is 24.2 Å². The number of nitro benzene ring substituents is 1. The maximum Gasteiger partial charge on any atom is 0.303 e. The molecule has 9 heteroatoms. The molecule has 1 aromatic rings. The van der Waals surface area contributed by atoms with Gasteiger partial charge in [0.1, 0.15) is 5.69 Å². The van der Waals surface area contributed by atoms with E-state index in [2.05, 4.69) is 21.2 Å². The number of carboxylic acid groups (broad SMARTS) is 1. The van der Waals surface area contributed by atoms with E-state index in [0.717, 1.165) is 0 Å². The summed E-state index contributed by atoms with van der Waals surface area (Å²) in [5.41, 5.74) is 5.24. The zero-order valence-corrected chi connectivity index (χ0v) is 11.8. The first kappa shape index (κ1) is 16.1. The highest BCUT2D eigenvalue weighted by atomic mass is 79.9. The molecule has 0 aliphatic rings. The number of anilines is 1. The van der Waals surface area contributed by atoms with Crippen molar-refractivity contribution in [2.24, 2.45) is 5.73 Å². The number of carboxylic acids is 1. The zero-order valence-electron chi connectivity index (χ0n) is 10.2. The largest absolute Gasteiger partial charge is 0.481 e. The van der Waals surface area contributed by atoms with E-state index in [1.807, 2.05) is 0 Å². The van der Waals surface area contributed by atoms with Crippen LogP contribution in [0, 0.1) is 10.1 Å². The quantitative estimate of drug-likeness (QED) is 0.527. The van der Waals surface area contributed by atoms with Crippen LogP contribution in [0.4, 0.5) is 11.4 Å². The van der Waals surface area contributed by atoms with Crippen molar-refractivity contribution in [2.75, 3.05) is 5.32 Å². The number of nitrogens with one attached hydrogen (secondary N) is 1. The number of rotatable bonds is 6. The maximum atomic E-state index is 11.7. The fourth-order valence-corrected chi connectivity index (χ4v) is 1.75. The van der Waals surface area contributed by atoms with Crippen molar-refractivity contribution in [3.05, 3.63) is 32.8 Å². The van der Waals surface area contributed by atoms with E-state index in [4.69, 9.17) is 10.8 Å². The number of nitrogens with two attached hydrogens (primary N) is 1. The van der Waals surface area contributed by atoms with Gasteiger partial charge in [0.05, 0.1) is 11.0 Å². The highest BCUT2D eigenvalue weighted by molar-refractivity contribution is 9.10. The molecule has 0 saturated heterocycles. The number of hydrogen-bond donors (Lipinski definition) is 3. The summed E-state index contributed by atoms with van der Waals surface area (Å²) in [6.45, 7) is 0. The van der Waals surface area contributed by atoms with Gasteiger partial charge in [0.25, 0.3) is 5.69 Å². The first-order valence-electron chi connectivity index (χ1n) is 5.53. The Labute approximate surface area is 122 Å². The lowest BCUT2D eigenvalue weighted by molar-refractivity contribution is -0.384. The molecule has 8 nitrogen and oxygen atoms in total. The zero-order chi connectivity index (χ0) is 15.3. The molecule has 0 saturated carbocycles. The molecular weight excluding hydrogens is 334 g/mol. The fraction of sp³-hybridized carbons (Fsp3) is 0.273. The van der Waals surface area contributed by atoms with Crippen LogP contribution >= 0.6 is 15.9 Å². The Morgan fingerprint density at radius 1 is 1.50 bits per heavy atom. The molecule has 0 radical (unpaired) electrons. The van der Waals surface area contributed by atoms with Gasteiger partial charge in [-0.1, -0.05) is 15.9 Å². The Hall–Kier alpha value is -2.00. The Morgan fingerprint density at radius 3 is 2.70 bits per heavy atom. The Balaban J connectivity index is 2.80. The summed E-state index contributed by atoms with van der Waals surface area (Å²) >= 11 is 3.09. The second-order valence-electron chi connectivity index (χ2n) is 3.95. The van der Waals surface area contributed by atoms with Crippen LogP contribution in [0.5, 0.6) is 0 Å². The first-order chi connectivity index (χ1) is 9.31. The average Bonchev–Trinajstić information content (AvgIpc) is 2.37. The number of nitro groups is 1. The number of halogens is 1. The second-order valence-corrected chi connectivity index (χ2v) is 4.86. The predicted molar refractivity (Wildman–Crippen MR) is 74.3 cm³/mol. The molecule has 0 fully saturated rings. The number of hydrogen-bond acceptors (Lipinski definition) is 5. The second kappa shape index (κ2) is 6.96. The molecule has 1 amide bonds. The van der Waals surface area contributed by atoms with E-state index in [0.29, 0.717) is 4.47 Å². The van der Waals surface area contributed by atoms with Crippen molar-refractivity contribution in [3.8, 4) is 0 Å². The van der Waals surface area contributed by atoms with Gasteiger partial charge in [0.15, 0.2) is 0 Å². The van der Waals surface area contributed by atoms with Crippen LogP contribution in [0.25, 0.3) is 0 Å². The standard InChI is InChI=1S/C11H12BrN3O5/c12-6-1-3-8(9(5-6)15(19)20)14-11(18)7(13)2-4-10(16)17/h1,3,5,7H,2,4,13H2,(H,14,18)(H,16,17). The van der Waals surface area contributed by atoms with Gasteiger partial charge in [0.2, 0.25) is 5.91 Å². The lowest BCUT2D eigenvalue weighted by atomic mass is 10.1. The molecule has 0 aliphatic carbocycles. The third kappa shape index (κ3) is 4.59. The smallest absolute Gasteiger partial charge is 0.303 e. The van der Waals surface area contributed by atoms with Gasteiger partial charge in [-0.05, 0) is 18.6 Å². The van der Waals surface area contributed by atoms with Crippen LogP contribution in [0.1, 0.15) is 12.8 Å². The van der Waals surface area contributed by atoms with Gasteiger partial charge in [-0.25, -0.2) is 0 Å². The van der Waals surface area contributed by atoms with E-state index in [9.17, 15) is 19.7 Å². The van der Waals surface area contributed by atoms with Crippen molar-refractivity contribution < 1.29 is 19.6 Å². The summed E-state index contributed by atoms with van der Waals surface area (Å²) < 4.78 is 0.498. The number of amides is 1. The first-order valence-corrected chi connectivity index (χ1v) is 6.32. The van der Waals surface area contributed by atoms with Gasteiger partial charge in [-0.2, -0.15) is 0 Å². The summed E-state index contributed by atoms with van der Waals surface area (Å²) in [6.07, 6.45) is -0.303. The summed E-state index contributed by atoms with van der Waals surface area (Å²) in [7, 11) is 0. The lowest BCUT2D eigenvalue weighted by Gasteiger charge is -2.11. The number of carbonyl (C=O) groups excluding carboxylic acids is 1. The molecule has 0 bridgehead atoms. The van der Waals surface area contributed by atoms with Crippen molar-refractivity contribution in [1.82, 2.24) is 0 Å². The molecule has 0 aliphatic heterocycles. The minimum atomic E-state index is -1.07. The molecule has 0 aromatic heterocycles. The highest BCUT2D eigenvalue weighted by Gasteiger charge is 2.20. The normalized spacial score (nSPS) is 11.7. The molecule has 20 heavy (non-hydrogen) atoms. The van der Waals surface area contributed by atoms with E-state index >= 15 is 0 Å². The number of carbonyl (C=O) groups is 2. The van der Waals surface area contributed by atoms with Crippen LogP contribution in [0.3, 0.4) is 0 Å². The third-order valence-corrected chi connectivity index (χ3v) is 2.91. The number of nitrogens with zero attached hydrogens (tertiary/aromatic N) is 1. The number of aliphatic carboxylic acids is 1. The lowest BCUT2D eigenvalue weighted by Crippen LogP contribution is -2.36. The maximum absolute atomic E-state index is 11.7. The monoisotopic (exact) mass is 345 g/mol. The topological polar surface area (TPSA) is 136 Å². The molecular formula is C11H12BrN3O5. The third-order valence-electron chi connectivity index (χ3n) is 2.42. The van der Waals surface area contributed by atoms with Gasteiger partial charge < -0.3 is 16.2 Å². The van der Waals surface area contributed by atoms with E-state index in [1.54, 1.807) is 0 Å². The van der Waals surface area contributed by atoms with Crippen molar-refractivity contribution in [3.63, 3.8) is 0 Å². The predicted octanol–water partition coefficient (Wildman–Crippen LogP) is 1.49. The van der Waals surface area contributed by atoms with Crippen LogP contribution in [-0.2, 0) is 9.59 Å². The summed E-state index contributed by atoms with van der Waals surface area (Å²) in [4.78, 5) is 32.3. The van der Waals surface area contributed by atoms with Crippen molar-refractivity contribution >= 4 is 39.2 Å². The Kier molecular flexibility index (Phi) is 5.59. The van der Waals surface area contributed by atoms with E-state index in [1.165, 1.54) is 18.2 Å². The molecule has 1 atom stereocenters.